The molecule has 0 spiro atoms. The zero-order valence-corrected chi connectivity index (χ0v) is 15.4. The van der Waals surface area contributed by atoms with Gasteiger partial charge in [0.15, 0.2) is 0 Å². The first-order chi connectivity index (χ1) is 11.6. The number of hydrogen-bond acceptors (Lipinski definition) is 4. The third-order valence-corrected chi connectivity index (χ3v) is 5.14. The summed E-state index contributed by atoms with van der Waals surface area (Å²) in [6, 6.07) is 13.1. The fourth-order valence-corrected chi connectivity index (χ4v) is 3.77. The number of methoxy groups -OCH3 is 1. The van der Waals surface area contributed by atoms with Crippen molar-refractivity contribution >= 4 is 11.3 Å². The Morgan fingerprint density at radius 3 is 2.58 bits per heavy atom. The van der Waals surface area contributed by atoms with Crippen molar-refractivity contribution in [2.24, 2.45) is 7.05 Å². The van der Waals surface area contributed by atoms with Crippen molar-refractivity contribution in [2.75, 3.05) is 7.11 Å². The van der Waals surface area contributed by atoms with Gasteiger partial charge in [0.25, 0.3) is 0 Å². The van der Waals surface area contributed by atoms with Gasteiger partial charge in [0.1, 0.15) is 0 Å². The molecule has 5 heteroatoms. The topological polar surface area (TPSA) is 39.1 Å². The highest BCUT2D eigenvalue weighted by Gasteiger charge is 2.18. The monoisotopic (exact) mass is 341 g/mol. The van der Waals surface area contributed by atoms with Crippen LogP contribution in [0.15, 0.2) is 41.8 Å². The van der Waals surface area contributed by atoms with Crippen LogP contribution >= 0.6 is 11.3 Å². The molecule has 0 amide bonds. The minimum Gasteiger partial charge on any atom is -0.481 e. The Balaban J connectivity index is 1.87. The van der Waals surface area contributed by atoms with E-state index in [4.69, 9.17) is 4.74 Å². The number of nitrogens with zero attached hydrogens (tertiary/aromatic N) is 2. The van der Waals surface area contributed by atoms with Gasteiger partial charge in [-0.2, -0.15) is 5.10 Å². The van der Waals surface area contributed by atoms with Gasteiger partial charge < -0.3 is 10.1 Å². The van der Waals surface area contributed by atoms with E-state index in [0.29, 0.717) is 6.54 Å². The summed E-state index contributed by atoms with van der Waals surface area (Å²) in [6.07, 6.45) is 0. The van der Waals surface area contributed by atoms with Gasteiger partial charge in [-0.05, 0) is 30.9 Å². The molecule has 1 N–H and O–H groups in total. The summed E-state index contributed by atoms with van der Waals surface area (Å²) in [4.78, 5) is 1.30. The molecule has 0 fully saturated rings. The van der Waals surface area contributed by atoms with Crippen LogP contribution < -0.4 is 10.1 Å². The summed E-state index contributed by atoms with van der Waals surface area (Å²) >= 11 is 1.77. The van der Waals surface area contributed by atoms with E-state index in [1.54, 1.807) is 23.1 Å². The van der Waals surface area contributed by atoms with E-state index in [-0.39, 0.29) is 6.04 Å². The van der Waals surface area contributed by atoms with E-state index in [1.807, 2.05) is 14.0 Å². The summed E-state index contributed by atoms with van der Waals surface area (Å²) in [7, 11) is 3.60. The molecular formula is C19H23N3OS. The zero-order chi connectivity index (χ0) is 17.1. The zero-order valence-electron chi connectivity index (χ0n) is 14.5. The molecule has 1 unspecified atom stereocenters. The Morgan fingerprint density at radius 1 is 1.21 bits per heavy atom. The van der Waals surface area contributed by atoms with Crippen LogP contribution in [0.3, 0.4) is 0 Å². The first-order valence-corrected chi connectivity index (χ1v) is 8.88. The second-order valence-electron chi connectivity index (χ2n) is 5.94. The van der Waals surface area contributed by atoms with Crippen LogP contribution in [0, 0.1) is 13.8 Å². The van der Waals surface area contributed by atoms with Crippen LogP contribution in [0.1, 0.15) is 33.3 Å². The summed E-state index contributed by atoms with van der Waals surface area (Å²) in [5.74, 6) is 0.814. The second kappa shape index (κ2) is 7.20. The fourth-order valence-electron chi connectivity index (χ4n) is 2.94. The number of aryl methyl sites for hydroxylation is 3. The minimum absolute atomic E-state index is 0.162. The molecule has 1 aromatic carbocycles. The quantitative estimate of drug-likeness (QED) is 0.737. The first kappa shape index (κ1) is 16.7. The number of rotatable bonds is 6. The standard InChI is InChI=1S/C19H23N3OS/c1-13-7-9-15(10-8-13)18(17-6-5-11-24-17)20-12-16-14(2)21-22(3)19(16)23-4/h5-11,18,20H,12H2,1-4H3. The van der Waals surface area contributed by atoms with E-state index in [9.17, 15) is 0 Å². The number of aromatic nitrogens is 2. The highest BCUT2D eigenvalue weighted by Crippen LogP contribution is 2.28. The molecule has 0 aliphatic rings. The summed E-state index contributed by atoms with van der Waals surface area (Å²) < 4.78 is 7.29. The predicted octanol–water partition coefficient (Wildman–Crippen LogP) is 3.99. The average molecular weight is 341 g/mol. The molecule has 2 aromatic heterocycles. The van der Waals surface area contributed by atoms with Crippen LogP contribution in [-0.2, 0) is 13.6 Å². The van der Waals surface area contributed by atoms with E-state index in [0.717, 1.165) is 17.1 Å². The van der Waals surface area contributed by atoms with Gasteiger partial charge in [0, 0.05) is 18.5 Å². The number of ether oxygens (including phenoxy) is 1. The third kappa shape index (κ3) is 3.37. The highest BCUT2D eigenvalue weighted by atomic mass is 32.1. The molecule has 0 aliphatic carbocycles. The Morgan fingerprint density at radius 2 is 1.96 bits per heavy atom. The van der Waals surface area contributed by atoms with Crippen molar-refractivity contribution in [2.45, 2.75) is 26.4 Å². The van der Waals surface area contributed by atoms with Crippen molar-refractivity contribution < 1.29 is 4.74 Å². The molecule has 3 aromatic rings. The number of hydrogen-bond donors (Lipinski definition) is 1. The van der Waals surface area contributed by atoms with Gasteiger partial charge in [-0.15, -0.1) is 11.3 Å². The SMILES string of the molecule is COc1c(CNC(c2ccc(C)cc2)c2cccs2)c(C)nn1C. The van der Waals surface area contributed by atoms with Crippen LogP contribution in [-0.4, -0.2) is 16.9 Å². The molecular weight excluding hydrogens is 318 g/mol. The Kier molecular flexibility index (Phi) is 5.02. The van der Waals surface area contributed by atoms with Gasteiger partial charge in [0.05, 0.1) is 24.4 Å². The van der Waals surface area contributed by atoms with E-state index in [1.165, 1.54) is 16.0 Å². The smallest absolute Gasteiger partial charge is 0.216 e. The van der Waals surface area contributed by atoms with Crippen molar-refractivity contribution in [3.63, 3.8) is 0 Å². The lowest BCUT2D eigenvalue weighted by atomic mass is 10.0. The summed E-state index contributed by atoms with van der Waals surface area (Å²) in [5, 5.41) is 10.3. The molecule has 1 atom stereocenters. The lowest BCUT2D eigenvalue weighted by molar-refractivity contribution is 0.367. The molecule has 24 heavy (non-hydrogen) atoms. The Labute approximate surface area is 147 Å². The minimum atomic E-state index is 0.162. The molecule has 126 valence electrons. The van der Waals surface area contributed by atoms with Crippen LogP contribution in [0.5, 0.6) is 5.88 Å². The number of nitrogens with one attached hydrogen (secondary N) is 1. The van der Waals surface area contributed by atoms with Crippen molar-refractivity contribution in [1.29, 1.82) is 0 Å². The molecule has 0 radical (unpaired) electrons. The maximum atomic E-state index is 5.50. The average Bonchev–Trinajstić information content (AvgIpc) is 3.18. The van der Waals surface area contributed by atoms with Gasteiger partial charge in [-0.3, -0.25) is 0 Å². The molecule has 0 aliphatic heterocycles. The van der Waals surface area contributed by atoms with Crippen LogP contribution in [0.2, 0.25) is 0 Å². The lowest BCUT2D eigenvalue weighted by Gasteiger charge is -2.18. The van der Waals surface area contributed by atoms with Crippen LogP contribution in [0.4, 0.5) is 0 Å². The summed E-state index contributed by atoms with van der Waals surface area (Å²) in [5.41, 5.74) is 4.64. The molecule has 0 bridgehead atoms. The third-order valence-electron chi connectivity index (χ3n) is 4.20. The highest BCUT2D eigenvalue weighted by molar-refractivity contribution is 7.10. The number of benzene rings is 1. The van der Waals surface area contributed by atoms with Crippen molar-refractivity contribution in [1.82, 2.24) is 15.1 Å². The van der Waals surface area contributed by atoms with Gasteiger partial charge >= 0.3 is 0 Å². The van der Waals surface area contributed by atoms with Gasteiger partial charge in [0.2, 0.25) is 5.88 Å². The van der Waals surface area contributed by atoms with Gasteiger partial charge in [-0.1, -0.05) is 35.9 Å². The summed E-state index contributed by atoms with van der Waals surface area (Å²) in [6.45, 7) is 4.84. The second-order valence-corrected chi connectivity index (χ2v) is 6.92. The predicted molar refractivity (Wildman–Crippen MR) is 98.7 cm³/mol. The molecule has 4 nitrogen and oxygen atoms in total. The van der Waals surface area contributed by atoms with E-state index >= 15 is 0 Å². The van der Waals surface area contributed by atoms with Crippen molar-refractivity contribution in [3.8, 4) is 5.88 Å². The molecule has 3 rings (SSSR count). The largest absolute Gasteiger partial charge is 0.481 e. The number of thiophene rings is 1. The van der Waals surface area contributed by atoms with E-state index < -0.39 is 0 Å². The molecule has 2 heterocycles. The fraction of sp³-hybridized carbons (Fsp3) is 0.316. The maximum Gasteiger partial charge on any atom is 0.216 e. The molecule has 0 saturated carbocycles. The van der Waals surface area contributed by atoms with Crippen molar-refractivity contribution in [3.05, 3.63) is 69.0 Å². The normalized spacial score (nSPS) is 12.3. The maximum absolute atomic E-state index is 5.50. The lowest BCUT2D eigenvalue weighted by Crippen LogP contribution is -2.21. The van der Waals surface area contributed by atoms with Crippen LogP contribution in [0.25, 0.3) is 0 Å². The first-order valence-electron chi connectivity index (χ1n) is 8.00. The molecule has 0 saturated heterocycles. The van der Waals surface area contributed by atoms with E-state index in [2.05, 4.69) is 59.1 Å². The Hall–Kier alpha value is -2.11. The van der Waals surface area contributed by atoms with Gasteiger partial charge in [-0.25, -0.2) is 4.68 Å². The Bertz CT molecular complexity index is 791.